The first kappa shape index (κ1) is 25.7. The molecule has 0 bridgehead atoms. The molecule has 0 aliphatic heterocycles. The third kappa shape index (κ3) is 5.71. The fourth-order valence-electron chi connectivity index (χ4n) is 4.21. The van der Waals surface area contributed by atoms with Gasteiger partial charge < -0.3 is 5.32 Å². The second kappa shape index (κ2) is 10.7. The second-order valence-electron chi connectivity index (χ2n) is 9.94. The zero-order valence-corrected chi connectivity index (χ0v) is 22.6. The van der Waals surface area contributed by atoms with E-state index in [1.807, 2.05) is 26.0 Å². The van der Waals surface area contributed by atoms with Gasteiger partial charge in [0.25, 0.3) is 11.5 Å². The highest BCUT2D eigenvalue weighted by atomic mass is 32.2. The summed E-state index contributed by atoms with van der Waals surface area (Å²) in [5.41, 5.74) is 7.48. The van der Waals surface area contributed by atoms with E-state index >= 15 is 0 Å². The topological polar surface area (TPSA) is 64.0 Å². The number of thioether (sulfide) groups is 1. The highest BCUT2D eigenvalue weighted by Crippen LogP contribution is 2.27. The van der Waals surface area contributed by atoms with Crippen LogP contribution in [0.4, 0.5) is 0 Å². The van der Waals surface area contributed by atoms with Crippen LogP contribution in [0.3, 0.4) is 0 Å². The Morgan fingerprint density at radius 1 is 0.944 bits per heavy atom. The highest BCUT2D eigenvalue weighted by Gasteiger charge is 2.17. The van der Waals surface area contributed by atoms with Crippen molar-refractivity contribution in [3.8, 4) is 5.69 Å². The maximum atomic E-state index is 13.8. The van der Waals surface area contributed by atoms with Gasteiger partial charge in [0, 0.05) is 17.9 Å². The first-order valence-corrected chi connectivity index (χ1v) is 13.2. The molecule has 4 rings (SSSR count). The number of aromatic nitrogens is 2. The van der Waals surface area contributed by atoms with E-state index in [-0.39, 0.29) is 11.5 Å². The van der Waals surface area contributed by atoms with Gasteiger partial charge in [-0.3, -0.25) is 14.2 Å². The van der Waals surface area contributed by atoms with E-state index in [2.05, 4.69) is 57.3 Å². The SMILES string of the molecule is Cc1cc(C)cc(-n2c(SCc3cc(C)ccc3C)nc3cc(C(=O)NCC(C)C)ccc3c2=O)c1. The van der Waals surface area contributed by atoms with Gasteiger partial charge in [-0.15, -0.1) is 0 Å². The number of fused-ring (bicyclic) bond motifs is 1. The van der Waals surface area contributed by atoms with Gasteiger partial charge in [-0.05, 0) is 86.2 Å². The maximum absolute atomic E-state index is 13.8. The van der Waals surface area contributed by atoms with Gasteiger partial charge in [0.2, 0.25) is 0 Å². The van der Waals surface area contributed by atoms with E-state index in [4.69, 9.17) is 4.98 Å². The normalized spacial score (nSPS) is 11.3. The number of nitrogens with zero attached hydrogens (tertiary/aromatic N) is 2. The lowest BCUT2D eigenvalue weighted by atomic mass is 10.1. The minimum Gasteiger partial charge on any atom is -0.352 e. The number of benzene rings is 3. The van der Waals surface area contributed by atoms with Crippen LogP contribution in [0.25, 0.3) is 16.6 Å². The molecule has 0 aliphatic carbocycles. The molecule has 186 valence electrons. The van der Waals surface area contributed by atoms with Crippen molar-refractivity contribution in [2.75, 3.05) is 6.54 Å². The molecule has 3 aromatic carbocycles. The van der Waals surface area contributed by atoms with Crippen molar-refractivity contribution in [3.63, 3.8) is 0 Å². The predicted octanol–water partition coefficient (Wildman–Crippen LogP) is 6.30. The first-order valence-electron chi connectivity index (χ1n) is 12.2. The second-order valence-corrected chi connectivity index (χ2v) is 10.9. The lowest BCUT2D eigenvalue weighted by Gasteiger charge is -2.16. The number of carbonyl (C=O) groups is 1. The third-order valence-electron chi connectivity index (χ3n) is 6.10. The molecule has 0 saturated carbocycles. The van der Waals surface area contributed by atoms with Gasteiger partial charge in [-0.2, -0.15) is 0 Å². The number of amides is 1. The number of carbonyl (C=O) groups excluding carboxylic acids is 1. The van der Waals surface area contributed by atoms with Crippen LogP contribution in [0, 0.1) is 33.6 Å². The Morgan fingerprint density at radius 2 is 1.67 bits per heavy atom. The largest absolute Gasteiger partial charge is 0.352 e. The van der Waals surface area contributed by atoms with Crippen LogP contribution < -0.4 is 10.9 Å². The van der Waals surface area contributed by atoms with Gasteiger partial charge in [0.15, 0.2) is 5.16 Å². The molecule has 0 saturated heterocycles. The van der Waals surface area contributed by atoms with Crippen LogP contribution in [-0.4, -0.2) is 22.0 Å². The molecular formula is C30H33N3O2S. The quantitative estimate of drug-likeness (QED) is 0.239. The molecule has 1 aromatic heterocycles. The van der Waals surface area contributed by atoms with Crippen LogP contribution in [0.2, 0.25) is 0 Å². The molecule has 0 spiro atoms. The zero-order valence-electron chi connectivity index (χ0n) is 21.8. The lowest BCUT2D eigenvalue weighted by molar-refractivity contribution is 0.0949. The maximum Gasteiger partial charge on any atom is 0.266 e. The average molecular weight is 500 g/mol. The Kier molecular flexibility index (Phi) is 7.65. The molecule has 0 atom stereocenters. The van der Waals surface area contributed by atoms with E-state index in [1.165, 1.54) is 28.5 Å². The molecular weight excluding hydrogens is 466 g/mol. The summed E-state index contributed by atoms with van der Waals surface area (Å²) in [6.45, 7) is 12.9. The molecule has 0 aliphatic rings. The fraction of sp³-hybridized carbons (Fsp3) is 0.300. The van der Waals surface area contributed by atoms with E-state index < -0.39 is 0 Å². The number of rotatable bonds is 7. The molecule has 1 heterocycles. The number of hydrogen-bond donors (Lipinski definition) is 1. The molecule has 1 N–H and O–H groups in total. The van der Waals surface area contributed by atoms with Crippen molar-refractivity contribution in [2.45, 2.75) is 52.5 Å². The van der Waals surface area contributed by atoms with E-state index in [1.54, 1.807) is 22.8 Å². The lowest BCUT2D eigenvalue weighted by Crippen LogP contribution is -2.27. The Hall–Kier alpha value is -3.38. The molecule has 36 heavy (non-hydrogen) atoms. The van der Waals surface area contributed by atoms with Crippen molar-refractivity contribution in [1.82, 2.24) is 14.9 Å². The zero-order chi connectivity index (χ0) is 26.0. The van der Waals surface area contributed by atoms with Crippen LogP contribution in [0.5, 0.6) is 0 Å². The average Bonchev–Trinajstić information content (AvgIpc) is 2.82. The Morgan fingerprint density at radius 3 is 2.36 bits per heavy atom. The first-order chi connectivity index (χ1) is 17.1. The van der Waals surface area contributed by atoms with Gasteiger partial charge in [0.05, 0.1) is 16.6 Å². The van der Waals surface area contributed by atoms with E-state index in [0.717, 1.165) is 16.8 Å². The van der Waals surface area contributed by atoms with Crippen molar-refractivity contribution in [2.24, 2.45) is 5.92 Å². The van der Waals surface area contributed by atoms with E-state index in [0.29, 0.717) is 39.8 Å². The number of hydrogen-bond acceptors (Lipinski definition) is 4. The van der Waals surface area contributed by atoms with Crippen LogP contribution >= 0.6 is 11.8 Å². The van der Waals surface area contributed by atoms with Gasteiger partial charge >= 0.3 is 0 Å². The minimum atomic E-state index is -0.157. The summed E-state index contributed by atoms with van der Waals surface area (Å²) in [5, 5.41) is 4.05. The standard InChI is InChI=1S/C30H33N3O2S/c1-18(2)16-31-28(34)23-9-10-26-27(15-23)32-30(36-17-24-12-19(3)7-8-22(24)6)33(29(26)35)25-13-20(4)11-21(5)14-25/h7-15,18H,16-17H2,1-6H3,(H,31,34). The smallest absolute Gasteiger partial charge is 0.266 e. The van der Waals surface area contributed by atoms with Crippen molar-refractivity contribution in [1.29, 1.82) is 0 Å². The van der Waals surface area contributed by atoms with Crippen LogP contribution in [0.15, 0.2) is 64.5 Å². The summed E-state index contributed by atoms with van der Waals surface area (Å²) in [6.07, 6.45) is 0. The molecule has 0 radical (unpaired) electrons. The third-order valence-corrected chi connectivity index (χ3v) is 7.09. The van der Waals surface area contributed by atoms with Crippen LogP contribution in [0.1, 0.15) is 52.0 Å². The predicted molar refractivity (Wildman–Crippen MR) is 149 cm³/mol. The fourth-order valence-corrected chi connectivity index (χ4v) is 5.28. The minimum absolute atomic E-state index is 0.136. The van der Waals surface area contributed by atoms with Crippen molar-refractivity contribution >= 4 is 28.6 Å². The summed E-state index contributed by atoms with van der Waals surface area (Å²) in [4.78, 5) is 31.4. The Labute approximate surface area is 217 Å². The number of nitrogens with one attached hydrogen (secondary N) is 1. The Balaban J connectivity index is 1.84. The molecule has 0 fully saturated rings. The molecule has 5 nitrogen and oxygen atoms in total. The van der Waals surface area contributed by atoms with E-state index in [9.17, 15) is 9.59 Å². The summed E-state index contributed by atoms with van der Waals surface area (Å²) in [7, 11) is 0. The summed E-state index contributed by atoms with van der Waals surface area (Å²) >= 11 is 1.54. The van der Waals surface area contributed by atoms with Gasteiger partial charge in [0.1, 0.15) is 0 Å². The monoisotopic (exact) mass is 499 g/mol. The summed E-state index contributed by atoms with van der Waals surface area (Å²) in [6, 6.07) is 17.7. The molecule has 6 heteroatoms. The van der Waals surface area contributed by atoms with Gasteiger partial charge in [-0.1, -0.05) is 55.4 Å². The molecule has 4 aromatic rings. The van der Waals surface area contributed by atoms with Crippen molar-refractivity contribution < 1.29 is 4.79 Å². The van der Waals surface area contributed by atoms with Crippen LogP contribution in [-0.2, 0) is 5.75 Å². The highest BCUT2D eigenvalue weighted by molar-refractivity contribution is 7.98. The molecule has 0 unspecified atom stereocenters. The molecule has 1 amide bonds. The Bertz CT molecular complexity index is 1480. The summed E-state index contributed by atoms with van der Waals surface area (Å²) in [5.74, 6) is 0.881. The summed E-state index contributed by atoms with van der Waals surface area (Å²) < 4.78 is 1.70. The number of aryl methyl sites for hydroxylation is 4. The van der Waals surface area contributed by atoms with Crippen molar-refractivity contribution in [3.05, 3.63) is 98.3 Å². The van der Waals surface area contributed by atoms with Gasteiger partial charge in [-0.25, -0.2) is 4.98 Å².